The molecule has 4 atom stereocenters. The van der Waals surface area contributed by atoms with E-state index < -0.39 is 42.8 Å². The molecule has 0 heterocycles. The molecule has 0 unspecified atom stereocenters. The summed E-state index contributed by atoms with van der Waals surface area (Å²) >= 11 is 0. The van der Waals surface area contributed by atoms with Gasteiger partial charge in [0, 0.05) is 0 Å². The van der Waals surface area contributed by atoms with Crippen LogP contribution in [0.25, 0.3) is 0 Å². The number of rotatable bonds is 6. The summed E-state index contributed by atoms with van der Waals surface area (Å²) in [6, 6.07) is 0. The van der Waals surface area contributed by atoms with Crippen LogP contribution in [0.3, 0.4) is 0 Å². The molecule has 0 amide bonds. The molecular weight excluding hydrogens is 224 g/mol. The SMILES string of the molecule is COC(=O)[C@@H](O)[C@H](O)[C@@H](O)[C@@H](O)C(=O)CO. The number of hydrogen-bond acceptors (Lipinski definition) is 8. The van der Waals surface area contributed by atoms with Gasteiger partial charge in [0.15, 0.2) is 11.9 Å². The Labute approximate surface area is 90.7 Å². The lowest BCUT2D eigenvalue weighted by atomic mass is 10.0. The van der Waals surface area contributed by atoms with Gasteiger partial charge in [0.2, 0.25) is 0 Å². The van der Waals surface area contributed by atoms with Gasteiger partial charge in [-0.2, -0.15) is 0 Å². The van der Waals surface area contributed by atoms with E-state index in [4.69, 9.17) is 15.3 Å². The molecule has 16 heavy (non-hydrogen) atoms. The predicted octanol–water partition coefficient (Wildman–Crippen LogP) is -3.84. The van der Waals surface area contributed by atoms with Crippen LogP contribution in [-0.2, 0) is 14.3 Å². The number of ketones is 1. The van der Waals surface area contributed by atoms with Gasteiger partial charge in [0.1, 0.15) is 24.9 Å². The molecule has 0 bridgehead atoms. The summed E-state index contributed by atoms with van der Waals surface area (Å²) < 4.78 is 4.07. The van der Waals surface area contributed by atoms with Gasteiger partial charge >= 0.3 is 5.97 Å². The molecule has 94 valence electrons. The molecule has 0 saturated heterocycles. The number of methoxy groups -OCH3 is 1. The molecule has 0 aromatic rings. The lowest BCUT2D eigenvalue weighted by Crippen LogP contribution is -2.50. The van der Waals surface area contributed by atoms with Crippen molar-refractivity contribution in [3.05, 3.63) is 0 Å². The second-order valence-electron chi connectivity index (χ2n) is 3.02. The quantitative estimate of drug-likeness (QED) is 0.296. The van der Waals surface area contributed by atoms with Crippen molar-refractivity contribution >= 4 is 11.8 Å². The smallest absolute Gasteiger partial charge is 0.337 e. The van der Waals surface area contributed by atoms with Crippen LogP contribution in [0.5, 0.6) is 0 Å². The van der Waals surface area contributed by atoms with Crippen LogP contribution in [0.15, 0.2) is 0 Å². The second kappa shape index (κ2) is 6.51. The first-order valence-corrected chi connectivity index (χ1v) is 4.30. The van der Waals surface area contributed by atoms with Gasteiger partial charge in [0.05, 0.1) is 7.11 Å². The molecule has 0 radical (unpaired) electrons. The van der Waals surface area contributed by atoms with Crippen LogP contribution in [0, 0.1) is 0 Å². The minimum absolute atomic E-state index is 0.944. The van der Waals surface area contributed by atoms with E-state index in [9.17, 15) is 19.8 Å². The van der Waals surface area contributed by atoms with Crippen molar-refractivity contribution < 1.29 is 39.9 Å². The fourth-order valence-electron chi connectivity index (χ4n) is 0.918. The average molecular weight is 238 g/mol. The molecule has 0 aromatic heterocycles. The standard InChI is InChI=1S/C8H14O8/c1-16-8(15)7(14)6(13)5(12)4(11)3(10)2-9/h4-7,9,11-14H,2H2,1H3/t4-,5-,6+,7-/m0/s1. The zero-order valence-electron chi connectivity index (χ0n) is 8.48. The van der Waals surface area contributed by atoms with E-state index in [1.807, 2.05) is 0 Å². The van der Waals surface area contributed by atoms with Crippen LogP contribution >= 0.6 is 0 Å². The number of aliphatic hydroxyl groups is 5. The maximum absolute atomic E-state index is 10.8. The van der Waals surface area contributed by atoms with Crippen molar-refractivity contribution in [1.82, 2.24) is 0 Å². The molecule has 8 nitrogen and oxygen atoms in total. The maximum Gasteiger partial charge on any atom is 0.337 e. The van der Waals surface area contributed by atoms with Crippen molar-refractivity contribution in [2.24, 2.45) is 0 Å². The van der Waals surface area contributed by atoms with E-state index in [1.165, 1.54) is 0 Å². The monoisotopic (exact) mass is 238 g/mol. The van der Waals surface area contributed by atoms with E-state index in [0.717, 1.165) is 7.11 Å². The first-order valence-electron chi connectivity index (χ1n) is 4.30. The summed E-state index contributed by atoms with van der Waals surface area (Å²) in [5.41, 5.74) is 0. The number of esters is 1. The summed E-state index contributed by atoms with van der Waals surface area (Å²) in [7, 11) is 0.944. The summed E-state index contributed by atoms with van der Waals surface area (Å²) in [5, 5.41) is 45.0. The third kappa shape index (κ3) is 3.51. The van der Waals surface area contributed by atoms with Crippen LogP contribution in [0.1, 0.15) is 0 Å². The third-order valence-electron chi connectivity index (χ3n) is 1.93. The lowest BCUT2D eigenvalue weighted by molar-refractivity contribution is -0.169. The summed E-state index contributed by atoms with van der Waals surface area (Å²) in [6.45, 7) is -1.04. The van der Waals surface area contributed by atoms with Crippen LogP contribution in [-0.4, -0.2) is 75.4 Å². The maximum atomic E-state index is 10.8. The largest absolute Gasteiger partial charge is 0.467 e. The number of aliphatic hydroxyl groups excluding tert-OH is 5. The lowest BCUT2D eigenvalue weighted by Gasteiger charge is -2.23. The molecule has 0 spiro atoms. The highest BCUT2D eigenvalue weighted by Gasteiger charge is 2.37. The van der Waals surface area contributed by atoms with E-state index in [2.05, 4.69) is 4.74 Å². The van der Waals surface area contributed by atoms with E-state index in [1.54, 1.807) is 0 Å². The Morgan fingerprint density at radius 2 is 1.50 bits per heavy atom. The number of carbonyl (C=O) groups excluding carboxylic acids is 2. The average Bonchev–Trinajstić information content (AvgIpc) is 2.32. The fraction of sp³-hybridized carbons (Fsp3) is 0.750. The number of ether oxygens (including phenoxy) is 1. The first-order chi connectivity index (χ1) is 7.36. The molecule has 0 rings (SSSR count). The van der Waals surface area contributed by atoms with Crippen LogP contribution < -0.4 is 0 Å². The molecule has 0 fully saturated rings. The van der Waals surface area contributed by atoms with Gasteiger partial charge < -0.3 is 30.3 Å². The summed E-state index contributed by atoms with van der Waals surface area (Å²) in [6.07, 6.45) is -8.40. The molecule has 0 aliphatic heterocycles. The van der Waals surface area contributed by atoms with Gasteiger partial charge in [-0.25, -0.2) is 4.79 Å². The van der Waals surface area contributed by atoms with Crippen LogP contribution in [0.4, 0.5) is 0 Å². The Morgan fingerprint density at radius 3 is 1.88 bits per heavy atom. The molecule has 0 saturated carbocycles. The zero-order valence-corrected chi connectivity index (χ0v) is 8.48. The topological polar surface area (TPSA) is 145 Å². The van der Waals surface area contributed by atoms with Gasteiger partial charge in [-0.05, 0) is 0 Å². The summed E-state index contributed by atoms with van der Waals surface area (Å²) in [4.78, 5) is 21.5. The van der Waals surface area contributed by atoms with Crippen LogP contribution in [0.2, 0.25) is 0 Å². The predicted molar refractivity (Wildman–Crippen MR) is 48.1 cm³/mol. The zero-order chi connectivity index (χ0) is 12.9. The Balaban J connectivity index is 4.54. The Kier molecular flexibility index (Phi) is 6.08. The molecule has 5 N–H and O–H groups in total. The second-order valence-corrected chi connectivity index (χ2v) is 3.02. The molecule has 8 heteroatoms. The Hall–Kier alpha value is -1.06. The van der Waals surface area contributed by atoms with E-state index in [0.29, 0.717) is 0 Å². The van der Waals surface area contributed by atoms with Crippen molar-refractivity contribution in [3.8, 4) is 0 Å². The first kappa shape index (κ1) is 14.9. The number of hydrogen-bond donors (Lipinski definition) is 5. The minimum Gasteiger partial charge on any atom is -0.467 e. The number of carbonyl (C=O) groups is 2. The highest BCUT2D eigenvalue weighted by atomic mass is 16.5. The highest BCUT2D eigenvalue weighted by molar-refractivity contribution is 5.84. The van der Waals surface area contributed by atoms with E-state index >= 15 is 0 Å². The fourth-order valence-corrected chi connectivity index (χ4v) is 0.918. The molecular formula is C8H14O8. The Bertz CT molecular complexity index is 226. The van der Waals surface area contributed by atoms with Gasteiger partial charge in [-0.15, -0.1) is 0 Å². The molecule has 0 aliphatic rings. The summed E-state index contributed by atoms with van der Waals surface area (Å²) in [5.74, 6) is -2.38. The van der Waals surface area contributed by atoms with Crippen molar-refractivity contribution in [3.63, 3.8) is 0 Å². The van der Waals surface area contributed by atoms with E-state index in [-0.39, 0.29) is 0 Å². The molecule has 0 aliphatic carbocycles. The molecule has 0 aromatic carbocycles. The minimum atomic E-state index is -2.10. The van der Waals surface area contributed by atoms with Gasteiger partial charge in [-0.3, -0.25) is 4.79 Å². The Morgan fingerprint density at radius 1 is 1.06 bits per heavy atom. The number of Topliss-reactive ketones (excluding diaryl/α,β-unsaturated/α-hetero) is 1. The van der Waals surface area contributed by atoms with Crippen molar-refractivity contribution in [1.29, 1.82) is 0 Å². The highest BCUT2D eigenvalue weighted by Crippen LogP contribution is 2.07. The van der Waals surface area contributed by atoms with Gasteiger partial charge in [-0.1, -0.05) is 0 Å². The third-order valence-corrected chi connectivity index (χ3v) is 1.93. The van der Waals surface area contributed by atoms with Crippen molar-refractivity contribution in [2.45, 2.75) is 24.4 Å². The normalized spacial score (nSPS) is 18.4. The van der Waals surface area contributed by atoms with Gasteiger partial charge in [0.25, 0.3) is 0 Å². The van der Waals surface area contributed by atoms with Crippen molar-refractivity contribution in [2.75, 3.05) is 13.7 Å².